The highest BCUT2D eigenvalue weighted by Gasteiger charge is 2.19. The Morgan fingerprint density at radius 1 is 1.33 bits per heavy atom. The van der Waals surface area contributed by atoms with E-state index in [-0.39, 0.29) is 0 Å². The number of benzene rings is 1. The molecule has 0 fully saturated rings. The van der Waals surface area contributed by atoms with Crippen LogP contribution < -0.4 is 11.1 Å². The minimum Gasteiger partial charge on any atom is -0.462 e. The van der Waals surface area contributed by atoms with Crippen LogP contribution in [0.15, 0.2) is 24.3 Å². The zero-order valence-electron chi connectivity index (χ0n) is 11.7. The molecule has 7 heteroatoms. The fourth-order valence-corrected chi connectivity index (χ4v) is 2.55. The molecule has 2 rings (SSSR count). The lowest BCUT2D eigenvalue weighted by Crippen LogP contribution is -2.10. The molecule has 0 spiro atoms. The maximum atomic E-state index is 11.9. The Hall–Kier alpha value is -2.41. The van der Waals surface area contributed by atoms with Gasteiger partial charge in [0, 0.05) is 11.3 Å². The average Bonchev–Trinajstić information content (AvgIpc) is 2.80. The molecule has 0 aliphatic rings. The molecule has 0 radical (unpaired) electrons. The number of hydrogen-bond donors (Lipinski definition) is 2. The molecular weight excluding hydrogens is 290 g/mol. The first-order valence-electron chi connectivity index (χ1n) is 6.33. The number of amides is 1. The van der Waals surface area contributed by atoms with Crippen LogP contribution in [0.3, 0.4) is 0 Å². The van der Waals surface area contributed by atoms with Gasteiger partial charge in [0.25, 0.3) is 0 Å². The number of aromatic nitrogens is 1. The molecule has 3 N–H and O–H groups in total. The van der Waals surface area contributed by atoms with Gasteiger partial charge < -0.3 is 15.8 Å². The van der Waals surface area contributed by atoms with Crippen molar-refractivity contribution in [3.8, 4) is 0 Å². The first-order chi connectivity index (χ1) is 10.0. The lowest BCUT2D eigenvalue weighted by atomic mass is 10.2. The van der Waals surface area contributed by atoms with Gasteiger partial charge in [-0.1, -0.05) is 0 Å². The largest absolute Gasteiger partial charge is 0.462 e. The molecule has 0 aliphatic carbocycles. The standard InChI is InChI=1S/C14H15N3O3S/c1-3-20-14(19)11-8(2)17-21-13(11)16-10-6-4-9(5-7-10)12(15)18/h4-7,16H,3H2,1-2H3,(H2,15,18). The average molecular weight is 305 g/mol. The van der Waals surface area contributed by atoms with Crippen molar-refractivity contribution in [2.75, 3.05) is 11.9 Å². The number of carbonyl (C=O) groups excluding carboxylic acids is 2. The second-order valence-corrected chi connectivity index (χ2v) is 5.03. The Kier molecular flexibility index (Phi) is 4.54. The van der Waals surface area contributed by atoms with Crippen molar-refractivity contribution in [3.05, 3.63) is 41.1 Å². The van der Waals surface area contributed by atoms with E-state index >= 15 is 0 Å². The molecule has 0 aliphatic heterocycles. The summed E-state index contributed by atoms with van der Waals surface area (Å²) in [5, 5.41) is 3.71. The predicted molar refractivity (Wildman–Crippen MR) is 81.1 cm³/mol. The molecule has 6 nitrogen and oxygen atoms in total. The van der Waals surface area contributed by atoms with Crippen molar-refractivity contribution in [1.29, 1.82) is 0 Å². The summed E-state index contributed by atoms with van der Waals surface area (Å²) in [7, 11) is 0. The van der Waals surface area contributed by atoms with E-state index in [0.717, 1.165) is 5.69 Å². The topological polar surface area (TPSA) is 94.3 Å². The number of hydrogen-bond acceptors (Lipinski definition) is 6. The number of ether oxygens (including phenoxy) is 1. The van der Waals surface area contributed by atoms with Crippen molar-refractivity contribution in [1.82, 2.24) is 4.37 Å². The maximum Gasteiger partial charge on any atom is 0.343 e. The number of nitrogens with two attached hydrogens (primary N) is 1. The molecule has 1 amide bonds. The van der Waals surface area contributed by atoms with Crippen LogP contribution in [0.1, 0.15) is 33.3 Å². The second-order valence-electron chi connectivity index (χ2n) is 4.26. The number of primary amides is 1. The lowest BCUT2D eigenvalue weighted by molar-refractivity contribution is 0.0527. The first-order valence-corrected chi connectivity index (χ1v) is 7.10. The van der Waals surface area contributed by atoms with Crippen LogP contribution in [0.4, 0.5) is 10.7 Å². The highest BCUT2D eigenvalue weighted by molar-refractivity contribution is 7.10. The monoisotopic (exact) mass is 305 g/mol. The van der Waals surface area contributed by atoms with E-state index < -0.39 is 11.9 Å². The minimum atomic E-state index is -0.484. The van der Waals surface area contributed by atoms with E-state index in [0.29, 0.717) is 28.4 Å². The summed E-state index contributed by atoms with van der Waals surface area (Å²) < 4.78 is 9.19. The summed E-state index contributed by atoms with van der Waals surface area (Å²) >= 11 is 1.18. The molecule has 21 heavy (non-hydrogen) atoms. The zero-order chi connectivity index (χ0) is 15.4. The first kappa shape index (κ1) is 15.0. The number of aryl methyl sites for hydroxylation is 1. The van der Waals surface area contributed by atoms with Crippen LogP contribution in [-0.2, 0) is 4.74 Å². The van der Waals surface area contributed by atoms with Gasteiger partial charge in [0.2, 0.25) is 5.91 Å². The van der Waals surface area contributed by atoms with Crippen molar-refractivity contribution >= 4 is 34.1 Å². The van der Waals surface area contributed by atoms with Crippen molar-refractivity contribution in [3.63, 3.8) is 0 Å². The maximum absolute atomic E-state index is 11.9. The van der Waals surface area contributed by atoms with Gasteiger partial charge in [0.05, 0.1) is 12.3 Å². The normalized spacial score (nSPS) is 10.2. The fourth-order valence-electron chi connectivity index (χ4n) is 1.75. The zero-order valence-corrected chi connectivity index (χ0v) is 12.5. The summed E-state index contributed by atoms with van der Waals surface area (Å²) in [6, 6.07) is 6.65. The summed E-state index contributed by atoms with van der Waals surface area (Å²) in [5.74, 6) is -0.887. The molecule has 110 valence electrons. The number of carbonyl (C=O) groups is 2. The van der Waals surface area contributed by atoms with Crippen molar-refractivity contribution < 1.29 is 14.3 Å². The second kappa shape index (κ2) is 6.36. The summed E-state index contributed by atoms with van der Waals surface area (Å²) in [4.78, 5) is 22.9. The summed E-state index contributed by atoms with van der Waals surface area (Å²) in [6.07, 6.45) is 0. The van der Waals surface area contributed by atoms with E-state index in [9.17, 15) is 9.59 Å². The Labute approximate surface area is 126 Å². The van der Waals surface area contributed by atoms with Crippen LogP contribution in [0, 0.1) is 6.92 Å². The molecule has 0 saturated heterocycles. The highest BCUT2D eigenvalue weighted by atomic mass is 32.1. The number of nitrogens with one attached hydrogen (secondary N) is 1. The summed E-state index contributed by atoms with van der Waals surface area (Å²) in [5.41, 5.74) is 7.39. The summed E-state index contributed by atoms with van der Waals surface area (Å²) in [6.45, 7) is 3.81. The van der Waals surface area contributed by atoms with E-state index in [4.69, 9.17) is 10.5 Å². The van der Waals surface area contributed by atoms with Gasteiger partial charge in [-0.25, -0.2) is 4.79 Å². The van der Waals surface area contributed by atoms with Crippen LogP contribution in [0.25, 0.3) is 0 Å². The predicted octanol–water partition coefficient (Wildman–Crippen LogP) is 2.47. The quantitative estimate of drug-likeness (QED) is 0.828. The van der Waals surface area contributed by atoms with E-state index in [1.165, 1.54) is 11.5 Å². The number of rotatable bonds is 5. The highest BCUT2D eigenvalue weighted by Crippen LogP contribution is 2.28. The molecule has 1 aromatic heterocycles. The Balaban J connectivity index is 2.23. The molecule has 0 bridgehead atoms. The fraction of sp³-hybridized carbons (Fsp3) is 0.214. The van der Waals surface area contributed by atoms with Gasteiger partial charge in [-0.2, -0.15) is 4.37 Å². The molecule has 0 saturated carbocycles. The minimum absolute atomic E-state index is 0.306. The smallest absolute Gasteiger partial charge is 0.343 e. The van der Waals surface area contributed by atoms with Crippen LogP contribution in [-0.4, -0.2) is 22.9 Å². The van der Waals surface area contributed by atoms with Crippen molar-refractivity contribution in [2.45, 2.75) is 13.8 Å². The molecule has 1 heterocycles. The van der Waals surface area contributed by atoms with E-state index in [1.807, 2.05) is 0 Å². The van der Waals surface area contributed by atoms with Gasteiger partial charge in [-0.3, -0.25) is 4.79 Å². The number of nitrogens with zero attached hydrogens (tertiary/aromatic N) is 1. The van der Waals surface area contributed by atoms with Gasteiger partial charge in [-0.05, 0) is 49.6 Å². The Bertz CT molecular complexity index is 665. The lowest BCUT2D eigenvalue weighted by Gasteiger charge is -2.07. The van der Waals surface area contributed by atoms with Crippen LogP contribution in [0.2, 0.25) is 0 Å². The van der Waals surface area contributed by atoms with Gasteiger partial charge in [0.15, 0.2) is 0 Å². The third-order valence-corrected chi connectivity index (χ3v) is 3.62. The van der Waals surface area contributed by atoms with Crippen LogP contribution >= 0.6 is 11.5 Å². The third kappa shape index (κ3) is 3.38. The Morgan fingerprint density at radius 2 is 2.00 bits per heavy atom. The Morgan fingerprint density at radius 3 is 2.57 bits per heavy atom. The van der Waals surface area contributed by atoms with E-state index in [2.05, 4.69) is 9.69 Å². The van der Waals surface area contributed by atoms with E-state index in [1.54, 1.807) is 38.1 Å². The number of esters is 1. The third-order valence-electron chi connectivity index (χ3n) is 2.77. The molecular formula is C14H15N3O3S. The van der Waals surface area contributed by atoms with Crippen molar-refractivity contribution in [2.24, 2.45) is 5.73 Å². The van der Waals surface area contributed by atoms with Gasteiger partial charge >= 0.3 is 5.97 Å². The van der Waals surface area contributed by atoms with Gasteiger partial charge in [0.1, 0.15) is 10.6 Å². The molecule has 0 unspecified atom stereocenters. The molecule has 2 aromatic rings. The van der Waals surface area contributed by atoms with Gasteiger partial charge in [-0.15, -0.1) is 0 Å². The number of anilines is 2. The molecule has 0 atom stereocenters. The SMILES string of the molecule is CCOC(=O)c1c(C)nsc1Nc1ccc(C(N)=O)cc1. The van der Waals surface area contributed by atoms with Crippen LogP contribution in [0.5, 0.6) is 0 Å². The molecule has 1 aromatic carbocycles.